The van der Waals surface area contributed by atoms with Crippen molar-refractivity contribution in [1.82, 2.24) is 0 Å². The summed E-state index contributed by atoms with van der Waals surface area (Å²) in [5.74, 6) is 0.0140. The molecule has 3 heteroatoms. The van der Waals surface area contributed by atoms with Crippen molar-refractivity contribution in [2.45, 2.75) is 37.5 Å². The van der Waals surface area contributed by atoms with E-state index in [0.717, 1.165) is 18.4 Å². The third-order valence-electron chi connectivity index (χ3n) is 3.96. The van der Waals surface area contributed by atoms with Crippen LogP contribution >= 0.6 is 0 Å². The summed E-state index contributed by atoms with van der Waals surface area (Å²) in [4.78, 5) is 0. The van der Waals surface area contributed by atoms with Crippen molar-refractivity contribution in [2.24, 2.45) is 5.73 Å². The third kappa shape index (κ3) is 2.29. The van der Waals surface area contributed by atoms with Crippen LogP contribution in [0, 0.1) is 5.82 Å². The molecular weight excluding hydrogens is 217 g/mol. The molecule has 0 atom stereocenters. The summed E-state index contributed by atoms with van der Waals surface area (Å²) in [6.45, 7) is 0.627. The first-order valence-electron chi connectivity index (χ1n) is 6.26. The summed E-state index contributed by atoms with van der Waals surface area (Å²) >= 11 is 0. The highest BCUT2D eigenvalue weighted by Crippen LogP contribution is 2.40. The normalized spacial score (nSPS) is 19.0. The molecule has 1 aromatic carbocycles. The van der Waals surface area contributed by atoms with Crippen LogP contribution in [0.3, 0.4) is 0 Å². The van der Waals surface area contributed by atoms with Gasteiger partial charge in [0, 0.05) is 12.0 Å². The average Bonchev–Trinajstić information content (AvgIpc) is 2.40. The summed E-state index contributed by atoms with van der Waals surface area (Å²) in [5, 5.41) is 0. The van der Waals surface area contributed by atoms with Crippen LogP contribution in [0.1, 0.15) is 37.7 Å². The molecule has 94 valence electrons. The minimum atomic E-state index is -0.306. The Morgan fingerprint density at radius 2 is 2.00 bits per heavy atom. The van der Waals surface area contributed by atoms with Crippen molar-refractivity contribution < 1.29 is 9.13 Å². The van der Waals surface area contributed by atoms with Gasteiger partial charge in [-0.15, -0.1) is 0 Å². The Labute approximate surface area is 102 Å². The highest BCUT2D eigenvalue weighted by atomic mass is 19.1. The SMILES string of the molecule is COc1cc(C2(CN)CCCCC2)ccc1F. The molecule has 17 heavy (non-hydrogen) atoms. The lowest BCUT2D eigenvalue weighted by Crippen LogP contribution is -2.37. The Balaban J connectivity index is 2.36. The van der Waals surface area contributed by atoms with E-state index in [4.69, 9.17) is 10.5 Å². The lowest BCUT2D eigenvalue weighted by molar-refractivity contribution is 0.298. The predicted molar refractivity (Wildman–Crippen MR) is 66.8 cm³/mol. The first-order chi connectivity index (χ1) is 8.22. The minimum Gasteiger partial charge on any atom is -0.494 e. The molecule has 0 heterocycles. The van der Waals surface area contributed by atoms with Gasteiger partial charge in [-0.1, -0.05) is 25.3 Å². The van der Waals surface area contributed by atoms with Crippen LogP contribution < -0.4 is 10.5 Å². The van der Waals surface area contributed by atoms with Crippen molar-refractivity contribution in [1.29, 1.82) is 0 Å². The molecule has 2 nitrogen and oxygen atoms in total. The number of rotatable bonds is 3. The van der Waals surface area contributed by atoms with Crippen molar-refractivity contribution in [2.75, 3.05) is 13.7 Å². The molecule has 0 spiro atoms. The number of ether oxygens (including phenoxy) is 1. The molecule has 0 aliphatic heterocycles. The number of nitrogens with two attached hydrogens (primary N) is 1. The van der Waals surface area contributed by atoms with Gasteiger partial charge in [-0.25, -0.2) is 4.39 Å². The third-order valence-corrected chi connectivity index (χ3v) is 3.96. The Bertz CT molecular complexity index is 386. The average molecular weight is 237 g/mol. The van der Waals surface area contributed by atoms with E-state index in [1.807, 2.05) is 12.1 Å². The van der Waals surface area contributed by atoms with E-state index in [-0.39, 0.29) is 11.2 Å². The first-order valence-corrected chi connectivity index (χ1v) is 6.26. The summed E-state index contributed by atoms with van der Waals surface area (Å²) in [6.07, 6.45) is 5.88. The topological polar surface area (TPSA) is 35.2 Å². The molecule has 0 unspecified atom stereocenters. The summed E-state index contributed by atoms with van der Waals surface area (Å²) in [6, 6.07) is 5.16. The molecule has 0 radical (unpaired) electrons. The summed E-state index contributed by atoms with van der Waals surface area (Å²) in [7, 11) is 1.50. The largest absolute Gasteiger partial charge is 0.494 e. The number of benzene rings is 1. The number of hydrogen-bond acceptors (Lipinski definition) is 2. The lowest BCUT2D eigenvalue weighted by atomic mass is 9.69. The fourth-order valence-corrected chi connectivity index (χ4v) is 2.83. The highest BCUT2D eigenvalue weighted by molar-refractivity contribution is 5.36. The predicted octanol–water partition coefficient (Wildman–Crippen LogP) is 2.99. The second-order valence-electron chi connectivity index (χ2n) is 4.89. The maximum Gasteiger partial charge on any atom is 0.165 e. The zero-order chi connectivity index (χ0) is 12.3. The molecule has 1 saturated carbocycles. The van der Waals surface area contributed by atoms with E-state index in [9.17, 15) is 4.39 Å². The van der Waals surface area contributed by atoms with Crippen molar-refractivity contribution >= 4 is 0 Å². The van der Waals surface area contributed by atoms with Crippen LogP contribution in [0.5, 0.6) is 5.75 Å². The van der Waals surface area contributed by atoms with Gasteiger partial charge in [0.05, 0.1) is 7.11 Å². The second kappa shape index (κ2) is 5.05. The van der Waals surface area contributed by atoms with Crippen molar-refractivity contribution in [3.63, 3.8) is 0 Å². The Kier molecular flexibility index (Phi) is 3.67. The summed E-state index contributed by atoms with van der Waals surface area (Å²) in [5.41, 5.74) is 7.12. The molecule has 0 amide bonds. The van der Waals surface area contributed by atoms with E-state index in [2.05, 4.69) is 0 Å². The van der Waals surface area contributed by atoms with Gasteiger partial charge in [-0.2, -0.15) is 0 Å². The van der Waals surface area contributed by atoms with E-state index < -0.39 is 0 Å². The molecule has 0 bridgehead atoms. The Morgan fingerprint density at radius 1 is 1.29 bits per heavy atom. The van der Waals surface area contributed by atoms with Gasteiger partial charge in [0.2, 0.25) is 0 Å². The number of methoxy groups -OCH3 is 1. The maximum atomic E-state index is 13.4. The molecule has 0 saturated heterocycles. The zero-order valence-electron chi connectivity index (χ0n) is 10.3. The van der Waals surface area contributed by atoms with Crippen LogP contribution in [0.25, 0.3) is 0 Å². The molecular formula is C14H20FNO. The minimum absolute atomic E-state index is 0.0270. The van der Waals surface area contributed by atoms with Gasteiger partial charge in [-0.05, 0) is 30.5 Å². The van der Waals surface area contributed by atoms with Crippen LogP contribution in [-0.2, 0) is 5.41 Å². The lowest BCUT2D eigenvalue weighted by Gasteiger charge is -2.37. The first kappa shape index (κ1) is 12.4. The van der Waals surface area contributed by atoms with Crippen molar-refractivity contribution in [3.8, 4) is 5.75 Å². The molecule has 0 aromatic heterocycles. The smallest absolute Gasteiger partial charge is 0.165 e. The van der Waals surface area contributed by atoms with Crippen LogP contribution in [-0.4, -0.2) is 13.7 Å². The fourth-order valence-electron chi connectivity index (χ4n) is 2.83. The summed E-state index contributed by atoms with van der Waals surface area (Å²) < 4.78 is 18.5. The molecule has 1 aliphatic carbocycles. The van der Waals surface area contributed by atoms with Gasteiger partial charge in [0.15, 0.2) is 11.6 Å². The second-order valence-corrected chi connectivity index (χ2v) is 4.89. The molecule has 1 fully saturated rings. The van der Waals surface area contributed by atoms with E-state index >= 15 is 0 Å². The number of hydrogen-bond donors (Lipinski definition) is 1. The van der Waals surface area contributed by atoms with Gasteiger partial charge < -0.3 is 10.5 Å². The highest BCUT2D eigenvalue weighted by Gasteiger charge is 2.33. The Morgan fingerprint density at radius 3 is 2.59 bits per heavy atom. The van der Waals surface area contributed by atoms with E-state index in [0.29, 0.717) is 12.3 Å². The molecule has 1 aromatic rings. The van der Waals surface area contributed by atoms with Gasteiger partial charge in [0.25, 0.3) is 0 Å². The van der Waals surface area contributed by atoms with Gasteiger partial charge >= 0.3 is 0 Å². The molecule has 1 aliphatic rings. The molecule has 2 rings (SSSR count). The van der Waals surface area contributed by atoms with Gasteiger partial charge in [-0.3, -0.25) is 0 Å². The van der Waals surface area contributed by atoms with Crippen LogP contribution in [0.15, 0.2) is 18.2 Å². The number of halogens is 1. The monoisotopic (exact) mass is 237 g/mol. The van der Waals surface area contributed by atoms with E-state index in [1.54, 1.807) is 0 Å². The van der Waals surface area contributed by atoms with Crippen molar-refractivity contribution in [3.05, 3.63) is 29.6 Å². The van der Waals surface area contributed by atoms with Gasteiger partial charge in [0.1, 0.15) is 0 Å². The van der Waals surface area contributed by atoms with Crippen LogP contribution in [0.4, 0.5) is 4.39 Å². The van der Waals surface area contributed by atoms with Crippen LogP contribution in [0.2, 0.25) is 0 Å². The standard InChI is InChI=1S/C14H20FNO/c1-17-13-9-11(5-6-12(13)15)14(10-16)7-3-2-4-8-14/h5-6,9H,2-4,7-8,10,16H2,1H3. The Hall–Kier alpha value is -1.09. The quantitative estimate of drug-likeness (QED) is 0.877. The molecule has 2 N–H and O–H groups in total. The zero-order valence-corrected chi connectivity index (χ0v) is 10.3. The van der Waals surface area contributed by atoms with E-state index in [1.165, 1.54) is 32.4 Å². The fraction of sp³-hybridized carbons (Fsp3) is 0.571. The maximum absolute atomic E-state index is 13.4.